The molecule has 2 aliphatic rings. The molecule has 2 heterocycles. The Balaban J connectivity index is 1.58. The number of nitrogens with one attached hydrogen (secondary N) is 1. The second-order valence-corrected chi connectivity index (χ2v) is 7.74. The summed E-state index contributed by atoms with van der Waals surface area (Å²) in [6, 6.07) is 6.14. The van der Waals surface area contributed by atoms with Crippen molar-refractivity contribution in [2.45, 2.75) is 24.8 Å². The monoisotopic (exact) mass is 352 g/mol. The van der Waals surface area contributed by atoms with Crippen molar-refractivity contribution in [1.29, 1.82) is 0 Å². The number of nitrogens with zero attached hydrogens (tertiary/aromatic N) is 1. The Hall–Kier alpha value is -1.11. The predicted octanol–water partition coefficient (Wildman–Crippen LogP) is 2.08. The molecule has 4 nitrogen and oxygen atoms in total. The summed E-state index contributed by atoms with van der Waals surface area (Å²) >= 11 is 1.99. The lowest BCUT2D eigenvalue weighted by Gasteiger charge is -2.48. The number of rotatable bonds is 5. The summed E-state index contributed by atoms with van der Waals surface area (Å²) < 4.78 is 18.4. The zero-order valence-electron chi connectivity index (χ0n) is 13.9. The molecule has 0 bridgehead atoms. The van der Waals surface area contributed by atoms with Crippen LogP contribution in [-0.4, -0.2) is 60.7 Å². The van der Waals surface area contributed by atoms with Crippen LogP contribution in [0.1, 0.15) is 18.4 Å². The summed E-state index contributed by atoms with van der Waals surface area (Å²) in [5.74, 6) is 2.02. The molecule has 132 valence electrons. The molecule has 0 unspecified atom stereocenters. The first-order valence-electron chi connectivity index (χ1n) is 8.60. The highest BCUT2D eigenvalue weighted by atomic mass is 32.2. The van der Waals surface area contributed by atoms with Crippen LogP contribution in [0.4, 0.5) is 4.39 Å². The highest BCUT2D eigenvalue weighted by molar-refractivity contribution is 7.99. The van der Waals surface area contributed by atoms with Crippen molar-refractivity contribution in [3.8, 4) is 0 Å². The van der Waals surface area contributed by atoms with E-state index in [1.807, 2.05) is 11.8 Å². The fourth-order valence-electron chi connectivity index (χ4n) is 3.51. The zero-order valence-corrected chi connectivity index (χ0v) is 14.7. The van der Waals surface area contributed by atoms with Gasteiger partial charge in [0.25, 0.3) is 0 Å². The highest BCUT2D eigenvalue weighted by Crippen LogP contribution is 2.32. The van der Waals surface area contributed by atoms with Crippen LogP contribution in [0.5, 0.6) is 0 Å². The fraction of sp³-hybridized carbons (Fsp3) is 0.611. The van der Waals surface area contributed by atoms with E-state index in [4.69, 9.17) is 4.74 Å². The summed E-state index contributed by atoms with van der Waals surface area (Å²) in [6.45, 7) is 4.13. The molecular formula is C18H25FN2O2S. The normalized spacial score (nSPS) is 21.4. The summed E-state index contributed by atoms with van der Waals surface area (Å²) in [7, 11) is 0. The van der Waals surface area contributed by atoms with Crippen molar-refractivity contribution < 1.29 is 13.9 Å². The Morgan fingerprint density at radius 3 is 2.54 bits per heavy atom. The Kier molecular flexibility index (Phi) is 6.14. The van der Waals surface area contributed by atoms with E-state index < -0.39 is 0 Å². The molecule has 0 spiro atoms. The molecule has 0 aromatic heterocycles. The molecule has 2 fully saturated rings. The fourth-order valence-corrected chi connectivity index (χ4v) is 4.76. The van der Waals surface area contributed by atoms with E-state index in [1.54, 1.807) is 12.1 Å². The number of halogens is 1. The maximum absolute atomic E-state index is 13.0. The third-order valence-electron chi connectivity index (χ3n) is 5.00. The van der Waals surface area contributed by atoms with Gasteiger partial charge in [-0.15, -0.1) is 0 Å². The van der Waals surface area contributed by atoms with Gasteiger partial charge in [0, 0.05) is 25.2 Å². The average molecular weight is 352 g/mol. The number of amides is 1. The van der Waals surface area contributed by atoms with Gasteiger partial charge >= 0.3 is 0 Å². The van der Waals surface area contributed by atoms with Crippen LogP contribution in [0.15, 0.2) is 24.3 Å². The molecule has 1 N–H and O–H groups in total. The van der Waals surface area contributed by atoms with Crippen LogP contribution in [0, 0.1) is 5.82 Å². The quantitative estimate of drug-likeness (QED) is 0.881. The maximum Gasteiger partial charge on any atom is 0.224 e. The average Bonchev–Trinajstić information content (AvgIpc) is 2.63. The molecule has 6 heteroatoms. The number of benzene rings is 1. The minimum Gasteiger partial charge on any atom is -0.379 e. The minimum absolute atomic E-state index is 0.00692. The number of thioether (sulfide) groups is 1. The van der Waals surface area contributed by atoms with Crippen molar-refractivity contribution in [1.82, 2.24) is 10.2 Å². The molecule has 2 aliphatic heterocycles. The van der Waals surface area contributed by atoms with Gasteiger partial charge in [0.05, 0.1) is 19.6 Å². The number of carbonyl (C=O) groups excluding carboxylic acids is 1. The van der Waals surface area contributed by atoms with Gasteiger partial charge in [-0.25, -0.2) is 4.39 Å². The third kappa shape index (κ3) is 4.49. The van der Waals surface area contributed by atoms with Gasteiger partial charge in [-0.1, -0.05) is 12.1 Å². The SMILES string of the molecule is O=C(Cc1ccc(F)cc1)NCC1(N2CCOCC2)CCSCC1. The zero-order chi connectivity index (χ0) is 16.8. The van der Waals surface area contributed by atoms with Crippen LogP contribution < -0.4 is 5.32 Å². The van der Waals surface area contributed by atoms with E-state index in [0.29, 0.717) is 13.0 Å². The Morgan fingerprint density at radius 1 is 1.21 bits per heavy atom. The molecule has 0 radical (unpaired) electrons. The molecule has 2 saturated heterocycles. The van der Waals surface area contributed by atoms with Gasteiger partial charge in [-0.3, -0.25) is 9.69 Å². The van der Waals surface area contributed by atoms with Crippen molar-refractivity contribution >= 4 is 17.7 Å². The second kappa shape index (κ2) is 8.32. The first-order chi connectivity index (χ1) is 11.7. The second-order valence-electron chi connectivity index (χ2n) is 6.52. The molecule has 3 rings (SSSR count). The van der Waals surface area contributed by atoms with Gasteiger partial charge in [-0.2, -0.15) is 11.8 Å². The lowest BCUT2D eigenvalue weighted by atomic mass is 9.89. The Morgan fingerprint density at radius 2 is 1.88 bits per heavy atom. The van der Waals surface area contributed by atoms with Crippen LogP contribution in [0.25, 0.3) is 0 Å². The van der Waals surface area contributed by atoms with E-state index >= 15 is 0 Å². The van der Waals surface area contributed by atoms with Gasteiger partial charge in [0.1, 0.15) is 5.82 Å². The van der Waals surface area contributed by atoms with Crippen LogP contribution in [-0.2, 0) is 16.0 Å². The predicted molar refractivity (Wildman–Crippen MR) is 94.8 cm³/mol. The topological polar surface area (TPSA) is 41.6 Å². The largest absolute Gasteiger partial charge is 0.379 e. The molecule has 0 atom stereocenters. The first-order valence-corrected chi connectivity index (χ1v) is 9.75. The van der Waals surface area contributed by atoms with Gasteiger partial charge < -0.3 is 10.1 Å². The minimum atomic E-state index is -0.273. The summed E-state index contributed by atoms with van der Waals surface area (Å²) in [5, 5.41) is 3.13. The maximum atomic E-state index is 13.0. The Labute approximate surface area is 147 Å². The van der Waals surface area contributed by atoms with E-state index in [2.05, 4.69) is 10.2 Å². The van der Waals surface area contributed by atoms with E-state index in [9.17, 15) is 9.18 Å². The molecule has 1 aromatic rings. The molecule has 0 aliphatic carbocycles. The highest BCUT2D eigenvalue weighted by Gasteiger charge is 2.39. The third-order valence-corrected chi connectivity index (χ3v) is 5.98. The van der Waals surface area contributed by atoms with E-state index in [-0.39, 0.29) is 17.3 Å². The number of morpholine rings is 1. The molecule has 0 saturated carbocycles. The standard InChI is InChI=1S/C18H25FN2O2S/c19-16-3-1-15(2-4-16)13-17(22)20-14-18(5-11-24-12-6-18)21-7-9-23-10-8-21/h1-4H,5-14H2,(H,20,22). The lowest BCUT2D eigenvalue weighted by Crippen LogP contribution is -2.60. The smallest absolute Gasteiger partial charge is 0.224 e. The summed E-state index contributed by atoms with van der Waals surface area (Å²) in [5.41, 5.74) is 0.904. The van der Waals surface area contributed by atoms with Crippen molar-refractivity contribution in [3.05, 3.63) is 35.6 Å². The van der Waals surface area contributed by atoms with Crippen molar-refractivity contribution in [3.63, 3.8) is 0 Å². The van der Waals surface area contributed by atoms with Crippen LogP contribution in [0.3, 0.4) is 0 Å². The van der Waals surface area contributed by atoms with Crippen molar-refractivity contribution in [2.24, 2.45) is 0 Å². The lowest BCUT2D eigenvalue weighted by molar-refractivity contribution is -0.121. The number of carbonyl (C=O) groups is 1. The summed E-state index contributed by atoms with van der Waals surface area (Å²) in [6.07, 6.45) is 2.51. The number of hydrogen-bond donors (Lipinski definition) is 1. The van der Waals surface area contributed by atoms with Gasteiger partial charge in [0.2, 0.25) is 5.91 Å². The number of hydrogen-bond acceptors (Lipinski definition) is 4. The molecular weight excluding hydrogens is 327 g/mol. The molecule has 24 heavy (non-hydrogen) atoms. The van der Waals surface area contributed by atoms with Gasteiger partial charge in [-0.05, 0) is 42.0 Å². The van der Waals surface area contributed by atoms with E-state index in [0.717, 1.165) is 56.2 Å². The molecule has 1 aromatic carbocycles. The van der Waals surface area contributed by atoms with Crippen LogP contribution in [0.2, 0.25) is 0 Å². The molecule has 1 amide bonds. The van der Waals surface area contributed by atoms with Crippen LogP contribution >= 0.6 is 11.8 Å². The summed E-state index contributed by atoms with van der Waals surface area (Å²) in [4.78, 5) is 14.8. The number of ether oxygens (including phenoxy) is 1. The Bertz CT molecular complexity index is 540. The van der Waals surface area contributed by atoms with E-state index in [1.165, 1.54) is 12.1 Å². The van der Waals surface area contributed by atoms with Gasteiger partial charge in [0.15, 0.2) is 0 Å². The first kappa shape index (κ1) is 17.7. The van der Waals surface area contributed by atoms with Crippen molar-refractivity contribution in [2.75, 3.05) is 44.4 Å².